The second-order valence-corrected chi connectivity index (χ2v) is 4.78. The molecule has 0 bridgehead atoms. The summed E-state index contributed by atoms with van der Waals surface area (Å²) < 4.78 is 1.94. The molecule has 0 aliphatic heterocycles. The number of aryl methyl sites for hydroxylation is 1. The van der Waals surface area contributed by atoms with Crippen LogP contribution in [-0.4, -0.2) is 17.0 Å². The first kappa shape index (κ1) is 14.3. The lowest BCUT2D eigenvalue weighted by Gasteiger charge is -2.11. The Morgan fingerprint density at radius 3 is 2.70 bits per heavy atom. The molecule has 0 aliphatic carbocycles. The predicted octanol–water partition coefficient (Wildman–Crippen LogP) is 2.55. The maximum Gasteiger partial charge on any atom is 0.256 e. The molecule has 20 heavy (non-hydrogen) atoms. The van der Waals surface area contributed by atoms with Gasteiger partial charge < -0.3 is 9.88 Å². The van der Waals surface area contributed by atoms with Crippen molar-refractivity contribution in [2.45, 2.75) is 33.2 Å². The number of para-hydroxylation sites is 1. The van der Waals surface area contributed by atoms with Gasteiger partial charge in [0.2, 0.25) is 5.43 Å². The van der Waals surface area contributed by atoms with Gasteiger partial charge in [-0.1, -0.05) is 25.5 Å². The highest BCUT2D eigenvalue weighted by molar-refractivity contribution is 5.97. The van der Waals surface area contributed by atoms with Crippen molar-refractivity contribution in [3.63, 3.8) is 0 Å². The second kappa shape index (κ2) is 6.37. The largest absolute Gasteiger partial charge is 0.352 e. The van der Waals surface area contributed by atoms with E-state index in [1.807, 2.05) is 29.7 Å². The van der Waals surface area contributed by atoms with Gasteiger partial charge in [-0.15, -0.1) is 0 Å². The quantitative estimate of drug-likeness (QED) is 0.850. The molecule has 2 aromatic rings. The van der Waals surface area contributed by atoms with Gasteiger partial charge in [-0.05, 0) is 25.5 Å². The van der Waals surface area contributed by atoms with Gasteiger partial charge in [-0.3, -0.25) is 9.59 Å². The van der Waals surface area contributed by atoms with Gasteiger partial charge in [0.25, 0.3) is 5.91 Å². The number of hydrogen-bond donors (Lipinski definition) is 1. The zero-order chi connectivity index (χ0) is 14.5. The summed E-state index contributed by atoms with van der Waals surface area (Å²) >= 11 is 0. The van der Waals surface area contributed by atoms with Crippen LogP contribution in [0.3, 0.4) is 0 Å². The number of hydrogen-bond acceptors (Lipinski definition) is 2. The molecule has 1 N–H and O–H groups in total. The topological polar surface area (TPSA) is 51.1 Å². The van der Waals surface area contributed by atoms with Gasteiger partial charge in [0.1, 0.15) is 5.56 Å². The van der Waals surface area contributed by atoms with Crippen molar-refractivity contribution in [2.75, 3.05) is 6.54 Å². The Labute approximate surface area is 118 Å². The molecule has 4 nitrogen and oxygen atoms in total. The number of nitrogens with one attached hydrogen (secondary N) is 1. The van der Waals surface area contributed by atoms with Gasteiger partial charge in [-0.2, -0.15) is 0 Å². The monoisotopic (exact) mass is 272 g/mol. The second-order valence-electron chi connectivity index (χ2n) is 4.78. The number of carbonyl (C=O) groups is 1. The molecule has 0 spiro atoms. The van der Waals surface area contributed by atoms with Crippen molar-refractivity contribution < 1.29 is 4.79 Å². The Morgan fingerprint density at radius 1 is 1.25 bits per heavy atom. The van der Waals surface area contributed by atoms with Gasteiger partial charge in [0, 0.05) is 24.7 Å². The van der Waals surface area contributed by atoms with E-state index in [2.05, 4.69) is 12.2 Å². The van der Waals surface area contributed by atoms with Crippen LogP contribution in [0.2, 0.25) is 0 Å². The summed E-state index contributed by atoms with van der Waals surface area (Å²) in [5, 5.41) is 3.40. The highest BCUT2D eigenvalue weighted by Gasteiger charge is 2.14. The smallest absolute Gasteiger partial charge is 0.256 e. The maximum atomic E-state index is 12.4. The van der Waals surface area contributed by atoms with E-state index < -0.39 is 0 Å². The highest BCUT2D eigenvalue weighted by atomic mass is 16.2. The molecule has 1 heterocycles. The van der Waals surface area contributed by atoms with Crippen LogP contribution in [0.15, 0.2) is 35.3 Å². The minimum atomic E-state index is -0.281. The van der Waals surface area contributed by atoms with E-state index in [0.29, 0.717) is 11.9 Å². The normalized spacial score (nSPS) is 10.7. The molecule has 1 aromatic heterocycles. The van der Waals surface area contributed by atoms with Gasteiger partial charge in [-0.25, -0.2) is 0 Å². The molecule has 0 atom stereocenters. The lowest BCUT2D eigenvalue weighted by molar-refractivity contribution is 0.0951. The van der Waals surface area contributed by atoms with Crippen molar-refractivity contribution >= 4 is 16.8 Å². The summed E-state index contributed by atoms with van der Waals surface area (Å²) in [6.07, 6.45) is 3.59. The number of pyridine rings is 1. The van der Waals surface area contributed by atoms with Crippen molar-refractivity contribution in [1.82, 2.24) is 9.88 Å². The fourth-order valence-electron chi connectivity index (χ4n) is 2.24. The van der Waals surface area contributed by atoms with Crippen molar-refractivity contribution in [3.8, 4) is 0 Å². The van der Waals surface area contributed by atoms with E-state index in [9.17, 15) is 9.59 Å². The van der Waals surface area contributed by atoms with Gasteiger partial charge in [0.15, 0.2) is 0 Å². The molecular weight excluding hydrogens is 252 g/mol. The fourth-order valence-corrected chi connectivity index (χ4v) is 2.24. The molecule has 0 unspecified atom stereocenters. The average molecular weight is 272 g/mol. The molecule has 0 fully saturated rings. The average Bonchev–Trinajstić information content (AvgIpc) is 2.48. The Bertz CT molecular complexity index is 674. The van der Waals surface area contributed by atoms with Crippen LogP contribution in [-0.2, 0) is 6.54 Å². The Hall–Kier alpha value is -2.10. The predicted molar refractivity (Wildman–Crippen MR) is 81.1 cm³/mol. The number of carbonyl (C=O) groups excluding carboxylic acids is 1. The number of amides is 1. The van der Waals surface area contributed by atoms with E-state index >= 15 is 0 Å². The first-order valence-electron chi connectivity index (χ1n) is 7.09. The zero-order valence-electron chi connectivity index (χ0n) is 12.0. The minimum absolute atomic E-state index is 0.195. The van der Waals surface area contributed by atoms with Crippen LogP contribution in [0.25, 0.3) is 10.9 Å². The van der Waals surface area contributed by atoms with Gasteiger partial charge >= 0.3 is 0 Å². The number of unbranched alkanes of at least 4 members (excludes halogenated alkanes) is 1. The van der Waals surface area contributed by atoms with E-state index in [-0.39, 0.29) is 16.9 Å². The third-order valence-electron chi connectivity index (χ3n) is 3.39. The van der Waals surface area contributed by atoms with Gasteiger partial charge in [0.05, 0.1) is 5.52 Å². The summed E-state index contributed by atoms with van der Waals surface area (Å²) in [4.78, 5) is 24.5. The molecule has 0 aliphatic rings. The van der Waals surface area contributed by atoms with Crippen LogP contribution in [0.1, 0.15) is 37.0 Å². The van der Waals surface area contributed by atoms with E-state index in [4.69, 9.17) is 0 Å². The van der Waals surface area contributed by atoms with Crippen molar-refractivity contribution in [3.05, 3.63) is 46.2 Å². The molecule has 0 saturated heterocycles. The van der Waals surface area contributed by atoms with E-state index in [0.717, 1.165) is 24.9 Å². The Balaban J connectivity index is 2.46. The summed E-state index contributed by atoms with van der Waals surface area (Å²) in [5.41, 5.74) is 0.894. The molecule has 4 heteroatoms. The molecule has 2 rings (SSSR count). The summed E-state index contributed by atoms with van der Waals surface area (Å²) in [6, 6.07) is 7.39. The minimum Gasteiger partial charge on any atom is -0.352 e. The van der Waals surface area contributed by atoms with Crippen molar-refractivity contribution in [2.24, 2.45) is 0 Å². The molecular formula is C16H20N2O2. The summed E-state index contributed by atoms with van der Waals surface area (Å²) in [6.45, 7) is 5.38. The molecule has 1 aromatic carbocycles. The first-order valence-corrected chi connectivity index (χ1v) is 7.09. The van der Waals surface area contributed by atoms with Crippen LogP contribution < -0.4 is 10.7 Å². The Kier molecular flexibility index (Phi) is 4.56. The zero-order valence-corrected chi connectivity index (χ0v) is 12.0. The third-order valence-corrected chi connectivity index (χ3v) is 3.39. The summed E-state index contributed by atoms with van der Waals surface area (Å²) in [5.74, 6) is -0.281. The summed E-state index contributed by atoms with van der Waals surface area (Å²) in [7, 11) is 0. The third kappa shape index (κ3) is 2.74. The molecule has 106 valence electrons. The van der Waals surface area contributed by atoms with Crippen LogP contribution in [0.4, 0.5) is 0 Å². The highest BCUT2D eigenvalue weighted by Crippen LogP contribution is 2.11. The van der Waals surface area contributed by atoms with E-state index in [1.165, 1.54) is 0 Å². The number of benzene rings is 1. The standard InChI is InChI=1S/C16H20N2O2/c1-3-5-10-17-16(20)13-11-18(4-2)14-9-7-6-8-12(14)15(13)19/h6-9,11H,3-5,10H2,1-2H3,(H,17,20). The van der Waals surface area contributed by atoms with Crippen LogP contribution in [0.5, 0.6) is 0 Å². The molecule has 0 saturated carbocycles. The maximum absolute atomic E-state index is 12.4. The molecule has 0 radical (unpaired) electrons. The molecule has 1 amide bonds. The number of nitrogens with zero attached hydrogens (tertiary/aromatic N) is 1. The lowest BCUT2D eigenvalue weighted by atomic mass is 10.1. The number of aromatic nitrogens is 1. The fraction of sp³-hybridized carbons (Fsp3) is 0.375. The van der Waals surface area contributed by atoms with Crippen LogP contribution >= 0.6 is 0 Å². The van der Waals surface area contributed by atoms with E-state index in [1.54, 1.807) is 12.3 Å². The SMILES string of the molecule is CCCCNC(=O)c1cn(CC)c2ccccc2c1=O. The lowest BCUT2D eigenvalue weighted by Crippen LogP contribution is -2.30. The van der Waals surface area contributed by atoms with Crippen molar-refractivity contribution in [1.29, 1.82) is 0 Å². The van der Waals surface area contributed by atoms with Crippen LogP contribution in [0, 0.1) is 0 Å². The number of fused-ring (bicyclic) bond motifs is 1. The first-order chi connectivity index (χ1) is 9.69. The number of rotatable bonds is 5. The Morgan fingerprint density at radius 2 is 2.00 bits per heavy atom.